The van der Waals surface area contributed by atoms with Crippen molar-refractivity contribution in [3.63, 3.8) is 0 Å². The Morgan fingerprint density at radius 3 is 2.48 bits per heavy atom. The number of rotatable bonds is 5. The van der Waals surface area contributed by atoms with Crippen molar-refractivity contribution in [2.24, 2.45) is 0 Å². The number of carbonyl (C=O) groups is 1. The summed E-state index contributed by atoms with van der Waals surface area (Å²) in [5.41, 5.74) is 2.32. The van der Waals surface area contributed by atoms with E-state index in [9.17, 15) is 14.7 Å². The SMILES string of the molecule is COc1ccc(NC(=O)CCc2c(C)c3ccc(O)c(C)c3oc2=O)cc1. The van der Waals surface area contributed by atoms with Gasteiger partial charge in [-0.05, 0) is 62.2 Å². The molecule has 2 N–H and O–H groups in total. The first kappa shape index (κ1) is 18.5. The van der Waals surface area contributed by atoms with Crippen molar-refractivity contribution in [3.8, 4) is 11.5 Å². The zero-order valence-corrected chi connectivity index (χ0v) is 15.5. The van der Waals surface area contributed by atoms with Gasteiger partial charge < -0.3 is 19.6 Å². The topological polar surface area (TPSA) is 88.8 Å². The van der Waals surface area contributed by atoms with E-state index in [2.05, 4.69) is 5.32 Å². The van der Waals surface area contributed by atoms with Crippen molar-refractivity contribution in [3.05, 3.63) is 63.5 Å². The lowest BCUT2D eigenvalue weighted by atomic mass is 10.0. The Labute approximate surface area is 156 Å². The van der Waals surface area contributed by atoms with Crippen LogP contribution in [0.1, 0.15) is 23.1 Å². The van der Waals surface area contributed by atoms with Gasteiger partial charge in [0.05, 0.1) is 7.11 Å². The summed E-state index contributed by atoms with van der Waals surface area (Å²) in [4.78, 5) is 24.6. The minimum Gasteiger partial charge on any atom is -0.508 e. The average molecular weight is 367 g/mol. The van der Waals surface area contributed by atoms with Gasteiger partial charge in [0.25, 0.3) is 0 Å². The highest BCUT2D eigenvalue weighted by molar-refractivity contribution is 5.91. The van der Waals surface area contributed by atoms with Gasteiger partial charge in [-0.3, -0.25) is 4.79 Å². The van der Waals surface area contributed by atoms with Gasteiger partial charge in [-0.1, -0.05) is 0 Å². The molecule has 1 aromatic heterocycles. The number of hydrogen-bond acceptors (Lipinski definition) is 5. The minimum atomic E-state index is -0.481. The van der Waals surface area contributed by atoms with Crippen molar-refractivity contribution in [1.29, 1.82) is 0 Å². The Morgan fingerprint density at radius 1 is 1.11 bits per heavy atom. The van der Waals surface area contributed by atoms with Crippen molar-refractivity contribution in [1.82, 2.24) is 0 Å². The maximum atomic E-state index is 12.4. The fourth-order valence-corrected chi connectivity index (χ4v) is 3.00. The number of phenols is 1. The molecule has 0 atom stereocenters. The second-order valence-electron chi connectivity index (χ2n) is 6.36. The molecule has 27 heavy (non-hydrogen) atoms. The highest BCUT2D eigenvalue weighted by atomic mass is 16.5. The van der Waals surface area contributed by atoms with Crippen LogP contribution in [-0.2, 0) is 11.2 Å². The number of fused-ring (bicyclic) bond motifs is 1. The molecule has 0 bridgehead atoms. The summed E-state index contributed by atoms with van der Waals surface area (Å²) in [6.45, 7) is 3.52. The molecule has 0 unspecified atom stereocenters. The Balaban J connectivity index is 1.77. The minimum absolute atomic E-state index is 0.0802. The molecule has 0 spiro atoms. The van der Waals surface area contributed by atoms with Gasteiger partial charge in [0.15, 0.2) is 0 Å². The van der Waals surface area contributed by atoms with E-state index in [4.69, 9.17) is 9.15 Å². The molecule has 140 valence electrons. The highest BCUT2D eigenvalue weighted by Crippen LogP contribution is 2.28. The summed E-state index contributed by atoms with van der Waals surface area (Å²) in [5.74, 6) is 0.594. The van der Waals surface area contributed by atoms with E-state index in [0.29, 0.717) is 28.1 Å². The Bertz CT molecular complexity index is 1050. The van der Waals surface area contributed by atoms with Gasteiger partial charge in [0.2, 0.25) is 5.91 Å². The Hall–Kier alpha value is -3.28. The molecule has 0 saturated heterocycles. The quantitative estimate of drug-likeness (QED) is 0.671. The second kappa shape index (κ2) is 7.53. The third-order valence-electron chi connectivity index (χ3n) is 4.65. The maximum Gasteiger partial charge on any atom is 0.339 e. The van der Waals surface area contributed by atoms with Gasteiger partial charge >= 0.3 is 5.63 Å². The van der Waals surface area contributed by atoms with E-state index >= 15 is 0 Å². The van der Waals surface area contributed by atoms with Crippen LogP contribution in [0.4, 0.5) is 5.69 Å². The number of anilines is 1. The van der Waals surface area contributed by atoms with Crippen LogP contribution < -0.4 is 15.7 Å². The first-order valence-electron chi connectivity index (χ1n) is 8.59. The predicted octanol–water partition coefficient (Wildman–Crippen LogP) is 3.70. The lowest BCUT2D eigenvalue weighted by Crippen LogP contribution is -2.16. The van der Waals surface area contributed by atoms with Gasteiger partial charge in [-0.25, -0.2) is 4.79 Å². The van der Waals surface area contributed by atoms with Gasteiger partial charge in [0.1, 0.15) is 17.1 Å². The normalized spacial score (nSPS) is 10.8. The number of nitrogens with one attached hydrogen (secondary N) is 1. The molecular weight excluding hydrogens is 346 g/mol. The van der Waals surface area contributed by atoms with Crippen LogP contribution in [0, 0.1) is 13.8 Å². The lowest BCUT2D eigenvalue weighted by Gasteiger charge is -2.10. The molecule has 3 rings (SSSR count). The number of amides is 1. The number of aromatic hydroxyl groups is 1. The maximum absolute atomic E-state index is 12.4. The van der Waals surface area contributed by atoms with Crippen LogP contribution in [0.2, 0.25) is 0 Å². The van der Waals surface area contributed by atoms with Crippen molar-refractivity contribution >= 4 is 22.6 Å². The van der Waals surface area contributed by atoms with E-state index < -0.39 is 5.63 Å². The van der Waals surface area contributed by atoms with Gasteiger partial charge in [-0.15, -0.1) is 0 Å². The molecule has 1 amide bonds. The molecule has 6 nitrogen and oxygen atoms in total. The molecule has 0 aliphatic carbocycles. The molecular formula is C21H21NO5. The van der Waals surface area contributed by atoms with E-state index in [0.717, 1.165) is 10.9 Å². The molecule has 0 aliphatic heterocycles. The smallest absolute Gasteiger partial charge is 0.339 e. The number of carbonyl (C=O) groups excluding carboxylic acids is 1. The van der Waals surface area contributed by atoms with Gasteiger partial charge in [-0.2, -0.15) is 0 Å². The van der Waals surface area contributed by atoms with Crippen molar-refractivity contribution < 1.29 is 19.1 Å². The van der Waals surface area contributed by atoms with Crippen LogP contribution >= 0.6 is 0 Å². The second-order valence-corrected chi connectivity index (χ2v) is 6.36. The fraction of sp³-hybridized carbons (Fsp3) is 0.238. The van der Waals surface area contributed by atoms with Crippen molar-refractivity contribution in [2.45, 2.75) is 26.7 Å². The summed E-state index contributed by atoms with van der Waals surface area (Å²) < 4.78 is 10.5. The molecule has 0 saturated carbocycles. The number of ether oxygens (including phenoxy) is 1. The van der Waals surface area contributed by atoms with Crippen molar-refractivity contribution in [2.75, 3.05) is 12.4 Å². The monoisotopic (exact) mass is 367 g/mol. The molecule has 2 aromatic carbocycles. The van der Waals surface area contributed by atoms with Crippen LogP contribution in [0.5, 0.6) is 11.5 Å². The summed E-state index contributed by atoms with van der Waals surface area (Å²) in [5, 5.41) is 13.4. The van der Waals surface area contributed by atoms with E-state index in [1.807, 2.05) is 6.92 Å². The summed E-state index contributed by atoms with van der Waals surface area (Å²) in [6, 6.07) is 10.3. The van der Waals surface area contributed by atoms with Crippen LogP contribution in [0.25, 0.3) is 11.0 Å². The molecule has 0 fully saturated rings. The predicted molar refractivity (Wildman–Crippen MR) is 104 cm³/mol. The van der Waals surface area contributed by atoms with E-state index in [-0.39, 0.29) is 24.5 Å². The summed E-state index contributed by atoms with van der Waals surface area (Å²) in [6.07, 6.45) is 0.423. The molecule has 0 radical (unpaired) electrons. The Morgan fingerprint density at radius 2 is 1.81 bits per heavy atom. The van der Waals surface area contributed by atoms with E-state index in [1.54, 1.807) is 50.4 Å². The highest BCUT2D eigenvalue weighted by Gasteiger charge is 2.15. The Kier molecular flexibility index (Phi) is 5.16. The van der Waals surface area contributed by atoms with E-state index in [1.165, 1.54) is 0 Å². The first-order valence-corrected chi connectivity index (χ1v) is 8.59. The summed E-state index contributed by atoms with van der Waals surface area (Å²) in [7, 11) is 1.58. The lowest BCUT2D eigenvalue weighted by molar-refractivity contribution is -0.116. The number of hydrogen-bond donors (Lipinski definition) is 2. The van der Waals surface area contributed by atoms with Gasteiger partial charge in [0, 0.05) is 28.6 Å². The average Bonchev–Trinajstić information content (AvgIpc) is 2.65. The summed E-state index contributed by atoms with van der Waals surface area (Å²) >= 11 is 0. The molecule has 1 heterocycles. The third-order valence-corrected chi connectivity index (χ3v) is 4.65. The number of methoxy groups -OCH3 is 1. The molecule has 0 aliphatic rings. The third kappa shape index (κ3) is 3.79. The standard InChI is InChI=1S/C21H21NO5/c1-12-16-8-10-18(23)13(2)20(16)27-21(25)17(12)9-11-19(24)22-14-4-6-15(26-3)7-5-14/h4-8,10,23H,9,11H2,1-3H3,(H,22,24). The van der Waals surface area contributed by atoms with Crippen LogP contribution in [0.3, 0.4) is 0 Å². The van der Waals surface area contributed by atoms with Crippen LogP contribution in [-0.4, -0.2) is 18.1 Å². The molecule has 6 heteroatoms. The van der Waals surface area contributed by atoms with Crippen LogP contribution in [0.15, 0.2) is 45.6 Å². The zero-order chi connectivity index (χ0) is 19.6. The number of aryl methyl sites for hydroxylation is 2. The molecule has 3 aromatic rings. The zero-order valence-electron chi connectivity index (χ0n) is 15.5. The first-order chi connectivity index (χ1) is 12.9. The fourth-order valence-electron chi connectivity index (χ4n) is 3.00. The number of benzene rings is 2. The largest absolute Gasteiger partial charge is 0.508 e. The number of phenolic OH excluding ortho intramolecular Hbond substituents is 1.